The largest absolute Gasteiger partial charge is 0.490 e. The molecule has 0 amide bonds. The molecule has 3 aromatic rings. The highest BCUT2D eigenvalue weighted by Crippen LogP contribution is 2.36. The molecule has 0 unspecified atom stereocenters. The predicted octanol–water partition coefficient (Wildman–Crippen LogP) is 4.19. The molecule has 1 aliphatic rings. The molecular weight excluding hydrogens is 342 g/mol. The van der Waals surface area contributed by atoms with Gasteiger partial charge in [0.2, 0.25) is 5.82 Å². The molecule has 0 saturated carbocycles. The van der Waals surface area contributed by atoms with E-state index < -0.39 is 0 Å². The standard InChI is InChI=1S/C21H23N3O3/c1-4-25-18-10-9-14(13-19(18)26-5-2)21-22-20(23-27-21)16-7-6-8-17-15(16)11-12-24(17)3/h6-10,13H,4-5,11-12H2,1-3H3. The Morgan fingerprint density at radius 1 is 1.07 bits per heavy atom. The molecule has 1 aliphatic heterocycles. The second kappa shape index (κ2) is 7.31. The summed E-state index contributed by atoms with van der Waals surface area (Å²) in [6.45, 7) is 6.04. The van der Waals surface area contributed by atoms with Crippen molar-refractivity contribution in [1.82, 2.24) is 10.1 Å². The van der Waals surface area contributed by atoms with Gasteiger partial charge < -0.3 is 18.9 Å². The number of nitrogens with zero attached hydrogens (tertiary/aromatic N) is 3. The molecule has 0 atom stereocenters. The molecule has 0 fully saturated rings. The van der Waals surface area contributed by atoms with Crippen LogP contribution in [0.4, 0.5) is 5.69 Å². The Balaban J connectivity index is 1.69. The number of hydrogen-bond donors (Lipinski definition) is 0. The highest BCUT2D eigenvalue weighted by atomic mass is 16.5. The second-order valence-corrected chi connectivity index (χ2v) is 6.43. The van der Waals surface area contributed by atoms with Crippen molar-refractivity contribution < 1.29 is 14.0 Å². The zero-order valence-corrected chi connectivity index (χ0v) is 15.9. The van der Waals surface area contributed by atoms with Crippen LogP contribution in [0.5, 0.6) is 11.5 Å². The van der Waals surface area contributed by atoms with Crippen molar-refractivity contribution in [3.63, 3.8) is 0 Å². The number of hydrogen-bond acceptors (Lipinski definition) is 6. The van der Waals surface area contributed by atoms with Gasteiger partial charge in [-0.15, -0.1) is 0 Å². The van der Waals surface area contributed by atoms with Gasteiger partial charge in [-0.3, -0.25) is 0 Å². The molecule has 0 bridgehead atoms. The third-order valence-electron chi connectivity index (χ3n) is 4.72. The maximum Gasteiger partial charge on any atom is 0.258 e. The summed E-state index contributed by atoms with van der Waals surface area (Å²) in [6.07, 6.45) is 0.990. The Hall–Kier alpha value is -3.02. The highest BCUT2D eigenvalue weighted by molar-refractivity contribution is 5.73. The summed E-state index contributed by atoms with van der Waals surface area (Å²) in [7, 11) is 2.10. The van der Waals surface area contributed by atoms with Crippen LogP contribution in [0.1, 0.15) is 19.4 Å². The first-order valence-electron chi connectivity index (χ1n) is 9.28. The first kappa shape index (κ1) is 17.4. The Labute approximate surface area is 158 Å². The summed E-state index contributed by atoms with van der Waals surface area (Å²) in [5.41, 5.74) is 4.35. The topological polar surface area (TPSA) is 60.6 Å². The maximum atomic E-state index is 5.70. The maximum absolute atomic E-state index is 5.70. The van der Waals surface area contributed by atoms with Crippen LogP contribution in [0.3, 0.4) is 0 Å². The molecule has 4 rings (SSSR count). The Kier molecular flexibility index (Phi) is 4.71. The lowest BCUT2D eigenvalue weighted by atomic mass is 10.0. The van der Waals surface area contributed by atoms with E-state index in [0.29, 0.717) is 36.4 Å². The molecule has 27 heavy (non-hydrogen) atoms. The molecular formula is C21H23N3O3. The van der Waals surface area contributed by atoms with Crippen molar-refractivity contribution in [2.24, 2.45) is 0 Å². The molecule has 0 spiro atoms. The number of ether oxygens (including phenoxy) is 2. The van der Waals surface area contributed by atoms with Gasteiger partial charge in [-0.2, -0.15) is 4.98 Å². The summed E-state index contributed by atoms with van der Waals surface area (Å²) in [5.74, 6) is 2.48. The van der Waals surface area contributed by atoms with Crippen LogP contribution in [-0.2, 0) is 6.42 Å². The van der Waals surface area contributed by atoms with Gasteiger partial charge >= 0.3 is 0 Å². The van der Waals surface area contributed by atoms with Crippen LogP contribution in [0.25, 0.3) is 22.8 Å². The minimum absolute atomic E-state index is 0.470. The number of rotatable bonds is 6. The van der Waals surface area contributed by atoms with Gasteiger partial charge in [-0.1, -0.05) is 17.3 Å². The third-order valence-corrected chi connectivity index (χ3v) is 4.72. The van der Waals surface area contributed by atoms with E-state index in [1.165, 1.54) is 11.3 Å². The van der Waals surface area contributed by atoms with Crippen molar-refractivity contribution in [3.8, 4) is 34.3 Å². The Morgan fingerprint density at radius 3 is 2.70 bits per heavy atom. The van der Waals surface area contributed by atoms with Crippen LogP contribution >= 0.6 is 0 Å². The molecule has 1 aromatic heterocycles. The van der Waals surface area contributed by atoms with Gasteiger partial charge in [0.05, 0.1) is 13.2 Å². The normalized spacial score (nSPS) is 12.9. The lowest BCUT2D eigenvalue weighted by Gasteiger charge is -2.11. The van der Waals surface area contributed by atoms with Crippen molar-refractivity contribution in [2.75, 3.05) is 31.7 Å². The van der Waals surface area contributed by atoms with E-state index in [1.807, 2.05) is 38.1 Å². The Bertz CT molecular complexity index is 952. The summed E-state index contributed by atoms with van der Waals surface area (Å²) in [6, 6.07) is 11.9. The summed E-state index contributed by atoms with van der Waals surface area (Å²) in [4.78, 5) is 6.89. The molecule has 0 saturated heterocycles. The predicted molar refractivity (Wildman–Crippen MR) is 104 cm³/mol. The number of anilines is 1. The third kappa shape index (κ3) is 3.23. The minimum atomic E-state index is 0.470. The number of benzene rings is 2. The fourth-order valence-electron chi connectivity index (χ4n) is 3.44. The fourth-order valence-corrected chi connectivity index (χ4v) is 3.44. The number of likely N-dealkylation sites (N-methyl/N-ethyl adjacent to an activating group) is 1. The first-order chi connectivity index (χ1) is 13.2. The van der Waals surface area contributed by atoms with E-state index in [-0.39, 0.29) is 0 Å². The smallest absolute Gasteiger partial charge is 0.258 e. The molecule has 6 nitrogen and oxygen atoms in total. The van der Waals surface area contributed by atoms with Gasteiger partial charge in [0.25, 0.3) is 5.89 Å². The van der Waals surface area contributed by atoms with E-state index in [4.69, 9.17) is 14.0 Å². The van der Waals surface area contributed by atoms with E-state index in [1.54, 1.807) is 0 Å². The number of aromatic nitrogens is 2. The van der Waals surface area contributed by atoms with Crippen LogP contribution in [-0.4, -0.2) is 36.9 Å². The molecule has 6 heteroatoms. The zero-order chi connectivity index (χ0) is 18.8. The van der Waals surface area contributed by atoms with Crippen LogP contribution in [0.15, 0.2) is 40.9 Å². The lowest BCUT2D eigenvalue weighted by Crippen LogP contribution is -2.12. The van der Waals surface area contributed by atoms with Crippen LogP contribution in [0, 0.1) is 0 Å². The van der Waals surface area contributed by atoms with Crippen molar-refractivity contribution in [3.05, 3.63) is 42.0 Å². The fraction of sp³-hybridized carbons (Fsp3) is 0.333. The second-order valence-electron chi connectivity index (χ2n) is 6.43. The molecule has 0 N–H and O–H groups in total. The average Bonchev–Trinajstić information content (AvgIpc) is 3.31. The molecule has 0 aliphatic carbocycles. The summed E-state index contributed by atoms with van der Waals surface area (Å²) < 4.78 is 16.9. The molecule has 140 valence electrons. The van der Waals surface area contributed by atoms with E-state index >= 15 is 0 Å². The zero-order valence-electron chi connectivity index (χ0n) is 15.9. The SMILES string of the molecule is CCOc1ccc(-c2nc(-c3cccc4c3CCN4C)no2)cc1OCC. The van der Waals surface area contributed by atoms with E-state index in [9.17, 15) is 0 Å². The minimum Gasteiger partial charge on any atom is -0.490 e. The first-order valence-corrected chi connectivity index (χ1v) is 9.28. The van der Waals surface area contributed by atoms with Crippen molar-refractivity contribution in [2.45, 2.75) is 20.3 Å². The van der Waals surface area contributed by atoms with Gasteiger partial charge in [0, 0.05) is 30.4 Å². The van der Waals surface area contributed by atoms with E-state index in [2.05, 4.69) is 34.2 Å². The quantitative estimate of drug-likeness (QED) is 0.653. The van der Waals surface area contributed by atoms with Crippen molar-refractivity contribution in [1.29, 1.82) is 0 Å². The van der Waals surface area contributed by atoms with Gasteiger partial charge in [0.1, 0.15) is 0 Å². The molecule has 2 heterocycles. The van der Waals surface area contributed by atoms with Crippen LogP contribution < -0.4 is 14.4 Å². The van der Waals surface area contributed by atoms with Gasteiger partial charge in [0.15, 0.2) is 11.5 Å². The summed E-state index contributed by atoms with van der Waals surface area (Å²) in [5, 5.41) is 4.22. The molecule has 0 radical (unpaired) electrons. The van der Waals surface area contributed by atoms with Crippen LogP contribution in [0.2, 0.25) is 0 Å². The molecule has 2 aromatic carbocycles. The monoisotopic (exact) mass is 365 g/mol. The van der Waals surface area contributed by atoms with Gasteiger partial charge in [-0.25, -0.2) is 0 Å². The average molecular weight is 365 g/mol. The van der Waals surface area contributed by atoms with E-state index in [0.717, 1.165) is 24.1 Å². The highest BCUT2D eigenvalue weighted by Gasteiger charge is 2.22. The van der Waals surface area contributed by atoms with Gasteiger partial charge in [-0.05, 0) is 50.1 Å². The Morgan fingerprint density at radius 2 is 1.89 bits per heavy atom. The summed E-state index contributed by atoms with van der Waals surface area (Å²) >= 11 is 0. The number of fused-ring (bicyclic) bond motifs is 1. The van der Waals surface area contributed by atoms with Crippen molar-refractivity contribution >= 4 is 5.69 Å². The lowest BCUT2D eigenvalue weighted by molar-refractivity contribution is 0.288.